The molecule has 3 heterocycles. The molecule has 1 aromatic heterocycles. The zero-order valence-corrected chi connectivity index (χ0v) is 14.7. The third-order valence-electron chi connectivity index (χ3n) is 5.25. The quantitative estimate of drug-likeness (QED) is 0.902. The Bertz CT molecular complexity index is 468. The summed E-state index contributed by atoms with van der Waals surface area (Å²) in [4.78, 5) is 9.09. The SMILES string of the molecule is CCc1nc(C2CC3CCC(C2)N3C)sc1CNC(C)C. The molecule has 3 rings (SSSR count). The van der Waals surface area contributed by atoms with Gasteiger partial charge in [0, 0.05) is 35.5 Å². The van der Waals surface area contributed by atoms with E-state index in [1.54, 1.807) is 0 Å². The van der Waals surface area contributed by atoms with Crippen molar-refractivity contribution in [3.8, 4) is 0 Å². The molecule has 2 unspecified atom stereocenters. The first kappa shape index (κ1) is 15.4. The van der Waals surface area contributed by atoms with Gasteiger partial charge in [-0.25, -0.2) is 4.98 Å². The first-order chi connectivity index (χ1) is 10.1. The molecule has 1 aromatic rings. The van der Waals surface area contributed by atoms with Crippen LogP contribution in [0.1, 0.15) is 68.0 Å². The molecule has 2 fully saturated rings. The van der Waals surface area contributed by atoms with Crippen molar-refractivity contribution in [3.05, 3.63) is 15.6 Å². The van der Waals surface area contributed by atoms with Crippen molar-refractivity contribution in [1.82, 2.24) is 15.2 Å². The van der Waals surface area contributed by atoms with Gasteiger partial charge in [-0.15, -0.1) is 11.3 Å². The zero-order chi connectivity index (χ0) is 15.0. The van der Waals surface area contributed by atoms with Gasteiger partial charge in [-0.3, -0.25) is 0 Å². The molecule has 2 aliphatic rings. The highest BCUT2D eigenvalue weighted by Gasteiger charge is 2.39. The number of piperidine rings is 1. The van der Waals surface area contributed by atoms with Crippen molar-refractivity contribution in [2.45, 2.75) is 83.5 Å². The highest BCUT2D eigenvalue weighted by Crippen LogP contribution is 2.43. The molecule has 2 atom stereocenters. The first-order valence-corrected chi connectivity index (χ1v) is 9.33. The van der Waals surface area contributed by atoms with Crippen molar-refractivity contribution in [1.29, 1.82) is 0 Å². The minimum atomic E-state index is 0.541. The van der Waals surface area contributed by atoms with Gasteiger partial charge >= 0.3 is 0 Å². The van der Waals surface area contributed by atoms with Gasteiger partial charge < -0.3 is 10.2 Å². The summed E-state index contributed by atoms with van der Waals surface area (Å²) in [5.74, 6) is 0.710. The van der Waals surface area contributed by atoms with Crippen LogP contribution in [-0.4, -0.2) is 35.1 Å². The highest BCUT2D eigenvalue weighted by atomic mass is 32.1. The number of hydrogen-bond acceptors (Lipinski definition) is 4. The lowest BCUT2D eigenvalue weighted by Gasteiger charge is -2.35. The van der Waals surface area contributed by atoms with Crippen molar-refractivity contribution in [2.75, 3.05) is 7.05 Å². The van der Waals surface area contributed by atoms with Crippen LogP contribution in [0.5, 0.6) is 0 Å². The van der Waals surface area contributed by atoms with Crippen LogP contribution in [-0.2, 0) is 13.0 Å². The number of aromatic nitrogens is 1. The lowest BCUT2D eigenvalue weighted by atomic mass is 9.92. The van der Waals surface area contributed by atoms with Gasteiger partial charge in [-0.1, -0.05) is 20.8 Å². The molecule has 2 bridgehead atoms. The summed E-state index contributed by atoms with van der Waals surface area (Å²) < 4.78 is 0. The maximum Gasteiger partial charge on any atom is 0.0963 e. The van der Waals surface area contributed by atoms with E-state index in [9.17, 15) is 0 Å². The summed E-state index contributed by atoms with van der Waals surface area (Å²) in [6.45, 7) is 7.64. The van der Waals surface area contributed by atoms with Crippen LogP contribution in [0, 0.1) is 0 Å². The van der Waals surface area contributed by atoms with E-state index in [4.69, 9.17) is 4.98 Å². The highest BCUT2D eigenvalue weighted by molar-refractivity contribution is 7.11. The summed E-state index contributed by atoms with van der Waals surface area (Å²) in [5, 5.41) is 4.97. The van der Waals surface area contributed by atoms with E-state index in [-0.39, 0.29) is 0 Å². The fraction of sp³-hybridized carbons (Fsp3) is 0.824. The molecule has 118 valence electrons. The van der Waals surface area contributed by atoms with Gasteiger partial charge in [0.05, 0.1) is 10.7 Å². The minimum Gasteiger partial charge on any atom is -0.310 e. The van der Waals surface area contributed by atoms with Gasteiger partial charge in [0.2, 0.25) is 0 Å². The van der Waals surface area contributed by atoms with E-state index in [2.05, 4.69) is 38.0 Å². The monoisotopic (exact) mass is 307 g/mol. The second-order valence-electron chi connectivity index (χ2n) is 7.03. The fourth-order valence-electron chi connectivity index (χ4n) is 3.90. The van der Waals surface area contributed by atoms with Crippen LogP contribution in [0.15, 0.2) is 0 Å². The Hall–Kier alpha value is -0.450. The van der Waals surface area contributed by atoms with E-state index in [1.165, 1.54) is 41.3 Å². The Morgan fingerprint density at radius 2 is 1.95 bits per heavy atom. The molecule has 0 aliphatic carbocycles. The Morgan fingerprint density at radius 3 is 2.52 bits per heavy atom. The fourth-order valence-corrected chi connectivity index (χ4v) is 5.13. The number of thiazole rings is 1. The summed E-state index contributed by atoms with van der Waals surface area (Å²) >= 11 is 1.97. The van der Waals surface area contributed by atoms with E-state index in [1.807, 2.05) is 11.3 Å². The maximum absolute atomic E-state index is 5.01. The molecule has 2 aliphatic heterocycles. The third kappa shape index (κ3) is 3.17. The smallest absolute Gasteiger partial charge is 0.0963 e. The van der Waals surface area contributed by atoms with Gasteiger partial charge in [-0.2, -0.15) is 0 Å². The Kier molecular flexibility index (Phi) is 4.67. The number of nitrogens with one attached hydrogen (secondary N) is 1. The van der Waals surface area contributed by atoms with Crippen LogP contribution in [0.2, 0.25) is 0 Å². The van der Waals surface area contributed by atoms with Gasteiger partial charge in [0.1, 0.15) is 0 Å². The van der Waals surface area contributed by atoms with Gasteiger partial charge in [-0.05, 0) is 39.2 Å². The van der Waals surface area contributed by atoms with Crippen LogP contribution in [0.25, 0.3) is 0 Å². The van der Waals surface area contributed by atoms with Gasteiger partial charge in [0.15, 0.2) is 0 Å². The number of fused-ring (bicyclic) bond motifs is 2. The van der Waals surface area contributed by atoms with Gasteiger partial charge in [0.25, 0.3) is 0 Å². The molecule has 0 amide bonds. The van der Waals surface area contributed by atoms with E-state index < -0.39 is 0 Å². The van der Waals surface area contributed by atoms with E-state index >= 15 is 0 Å². The Balaban J connectivity index is 1.74. The average molecular weight is 308 g/mol. The van der Waals surface area contributed by atoms with Crippen molar-refractivity contribution < 1.29 is 0 Å². The van der Waals surface area contributed by atoms with Crippen molar-refractivity contribution >= 4 is 11.3 Å². The lowest BCUT2D eigenvalue weighted by molar-refractivity contribution is 0.161. The molecule has 0 radical (unpaired) electrons. The molecule has 3 nitrogen and oxygen atoms in total. The van der Waals surface area contributed by atoms with Crippen LogP contribution in [0.3, 0.4) is 0 Å². The molecule has 0 saturated carbocycles. The van der Waals surface area contributed by atoms with Crippen molar-refractivity contribution in [2.24, 2.45) is 0 Å². The second-order valence-corrected chi connectivity index (χ2v) is 8.15. The van der Waals surface area contributed by atoms with Crippen molar-refractivity contribution in [3.63, 3.8) is 0 Å². The largest absolute Gasteiger partial charge is 0.310 e. The summed E-state index contributed by atoms with van der Waals surface area (Å²) in [7, 11) is 2.32. The third-order valence-corrected chi connectivity index (χ3v) is 6.51. The lowest BCUT2D eigenvalue weighted by Crippen LogP contribution is -2.39. The molecule has 4 heteroatoms. The van der Waals surface area contributed by atoms with Crippen LogP contribution >= 0.6 is 11.3 Å². The Labute approximate surface area is 133 Å². The summed E-state index contributed by atoms with van der Waals surface area (Å²) in [6.07, 6.45) is 6.49. The Morgan fingerprint density at radius 1 is 1.29 bits per heavy atom. The molecule has 2 saturated heterocycles. The van der Waals surface area contributed by atoms with Crippen LogP contribution in [0.4, 0.5) is 0 Å². The molecule has 0 aromatic carbocycles. The van der Waals surface area contributed by atoms with E-state index in [0.717, 1.165) is 25.0 Å². The topological polar surface area (TPSA) is 28.2 Å². The standard InChI is InChI=1S/C17H29N3S/c1-5-15-16(10-18-11(2)3)21-17(19-15)12-8-13-6-7-14(9-12)20(13)4/h11-14,18H,5-10H2,1-4H3. The van der Waals surface area contributed by atoms with E-state index in [0.29, 0.717) is 12.0 Å². The molecule has 21 heavy (non-hydrogen) atoms. The average Bonchev–Trinajstić information content (AvgIpc) is 2.93. The normalized spacial score (nSPS) is 29.5. The van der Waals surface area contributed by atoms with Crippen LogP contribution < -0.4 is 5.32 Å². The summed E-state index contributed by atoms with van der Waals surface area (Å²) in [5.41, 5.74) is 1.33. The number of rotatable bonds is 5. The maximum atomic E-state index is 5.01. The number of nitrogens with zero attached hydrogens (tertiary/aromatic N) is 2. The number of hydrogen-bond donors (Lipinski definition) is 1. The predicted octanol–water partition coefficient (Wildman–Crippen LogP) is 3.54. The molecular formula is C17H29N3S. The summed E-state index contributed by atoms with van der Waals surface area (Å²) in [6, 6.07) is 2.15. The molecule has 1 N–H and O–H groups in total. The second kappa shape index (κ2) is 6.35. The molecule has 0 spiro atoms. The molecular weight excluding hydrogens is 278 g/mol. The number of aryl methyl sites for hydroxylation is 1. The predicted molar refractivity (Wildman–Crippen MR) is 90.0 cm³/mol. The minimum absolute atomic E-state index is 0.541. The zero-order valence-electron chi connectivity index (χ0n) is 13.9. The first-order valence-electron chi connectivity index (χ1n) is 8.52.